The van der Waals surface area contributed by atoms with Crippen molar-refractivity contribution >= 4 is 17.8 Å². The number of hydrogen-bond donors (Lipinski definition) is 1. The molecule has 0 saturated heterocycles. The zero-order chi connectivity index (χ0) is 15.8. The predicted octanol–water partition coefficient (Wildman–Crippen LogP) is 0.467. The monoisotopic (exact) mass is 298 g/mol. The highest BCUT2D eigenvalue weighted by Gasteiger charge is 2.19. The van der Waals surface area contributed by atoms with E-state index in [9.17, 15) is 0 Å². The first kappa shape index (κ1) is 17.4. The van der Waals surface area contributed by atoms with Crippen molar-refractivity contribution in [1.29, 1.82) is 0 Å². The van der Waals surface area contributed by atoms with Crippen LogP contribution < -0.4 is 15.1 Å². The molecule has 0 aliphatic heterocycles. The van der Waals surface area contributed by atoms with Gasteiger partial charge in [0.15, 0.2) is 0 Å². The van der Waals surface area contributed by atoms with Gasteiger partial charge in [0.1, 0.15) is 0 Å². The van der Waals surface area contributed by atoms with Crippen molar-refractivity contribution in [2.45, 2.75) is 13.0 Å². The molecule has 0 aliphatic rings. The Morgan fingerprint density at radius 2 is 1.76 bits per heavy atom. The van der Waals surface area contributed by atoms with Crippen LogP contribution in [0.25, 0.3) is 0 Å². The van der Waals surface area contributed by atoms with Crippen LogP contribution in [0.4, 0.5) is 17.8 Å². The van der Waals surface area contributed by atoms with Gasteiger partial charge in [0.2, 0.25) is 17.8 Å². The van der Waals surface area contributed by atoms with Crippen LogP contribution in [0.1, 0.15) is 6.92 Å². The van der Waals surface area contributed by atoms with Crippen LogP contribution in [0, 0.1) is 0 Å². The largest absolute Gasteiger partial charge is 0.383 e. The van der Waals surface area contributed by atoms with E-state index in [0.717, 1.165) is 0 Å². The van der Waals surface area contributed by atoms with Gasteiger partial charge >= 0.3 is 0 Å². The summed E-state index contributed by atoms with van der Waals surface area (Å²) >= 11 is 0. The zero-order valence-corrected chi connectivity index (χ0v) is 13.8. The minimum atomic E-state index is 0.132. The molecule has 0 amide bonds. The van der Waals surface area contributed by atoms with E-state index < -0.39 is 0 Å². The Morgan fingerprint density at radius 1 is 1.10 bits per heavy atom. The molecule has 1 aromatic heterocycles. The topological polar surface area (TPSA) is 75.6 Å². The molecule has 0 radical (unpaired) electrons. The quantitative estimate of drug-likeness (QED) is 0.705. The molecule has 0 aliphatic carbocycles. The Kier molecular flexibility index (Phi) is 7.10. The van der Waals surface area contributed by atoms with E-state index in [0.29, 0.717) is 37.6 Å². The van der Waals surface area contributed by atoms with Crippen molar-refractivity contribution in [1.82, 2.24) is 15.0 Å². The summed E-state index contributed by atoms with van der Waals surface area (Å²) in [5, 5.41) is 2.97. The fourth-order valence-electron chi connectivity index (χ4n) is 1.83. The standard InChI is InChI=1S/C13H26N6O2/c1-10(9-21-6)19(7-8-20-5)13-16-11(14-2)15-12(17-13)18(3)4/h10H,7-9H2,1-6H3,(H,14,15,16,17). The molecule has 0 aromatic carbocycles. The fraction of sp³-hybridized carbons (Fsp3) is 0.769. The van der Waals surface area contributed by atoms with E-state index in [4.69, 9.17) is 9.47 Å². The summed E-state index contributed by atoms with van der Waals surface area (Å²) in [5.74, 6) is 1.76. The number of nitrogens with zero attached hydrogens (tertiary/aromatic N) is 5. The molecule has 1 atom stereocenters. The molecule has 1 rings (SSSR count). The van der Waals surface area contributed by atoms with Crippen LogP contribution in [0.3, 0.4) is 0 Å². The minimum absolute atomic E-state index is 0.132. The first-order valence-electron chi connectivity index (χ1n) is 6.89. The summed E-state index contributed by atoms with van der Waals surface area (Å²) in [7, 11) is 8.95. The summed E-state index contributed by atoms with van der Waals surface area (Å²) in [6.07, 6.45) is 0. The highest BCUT2D eigenvalue weighted by atomic mass is 16.5. The maximum atomic E-state index is 5.24. The molecule has 0 bridgehead atoms. The number of ether oxygens (including phenoxy) is 2. The van der Waals surface area contributed by atoms with Crippen LogP contribution in [-0.4, -0.2) is 76.1 Å². The van der Waals surface area contributed by atoms with E-state index in [1.165, 1.54) is 0 Å². The lowest BCUT2D eigenvalue weighted by molar-refractivity contribution is 0.170. The summed E-state index contributed by atoms with van der Waals surface area (Å²) in [6, 6.07) is 0.132. The Balaban J connectivity index is 3.12. The van der Waals surface area contributed by atoms with Crippen molar-refractivity contribution in [3.05, 3.63) is 0 Å². The third-order valence-electron chi connectivity index (χ3n) is 2.97. The highest BCUT2D eigenvalue weighted by Crippen LogP contribution is 2.17. The average Bonchev–Trinajstić information content (AvgIpc) is 2.47. The maximum Gasteiger partial charge on any atom is 0.232 e. The van der Waals surface area contributed by atoms with Crippen molar-refractivity contribution in [2.75, 3.05) is 70.2 Å². The molecule has 8 nitrogen and oxygen atoms in total. The van der Waals surface area contributed by atoms with Crippen molar-refractivity contribution in [3.8, 4) is 0 Å². The van der Waals surface area contributed by atoms with E-state index in [1.54, 1.807) is 21.3 Å². The van der Waals surface area contributed by atoms with Gasteiger partial charge in [0.05, 0.1) is 19.3 Å². The van der Waals surface area contributed by atoms with Gasteiger partial charge in [-0.3, -0.25) is 0 Å². The van der Waals surface area contributed by atoms with Crippen LogP contribution in [0.15, 0.2) is 0 Å². The Bertz CT molecular complexity index is 429. The maximum absolute atomic E-state index is 5.24. The van der Waals surface area contributed by atoms with Crippen molar-refractivity contribution < 1.29 is 9.47 Å². The van der Waals surface area contributed by atoms with E-state index >= 15 is 0 Å². The van der Waals surface area contributed by atoms with Gasteiger partial charge in [-0.25, -0.2) is 0 Å². The van der Waals surface area contributed by atoms with Gasteiger partial charge < -0.3 is 24.6 Å². The highest BCUT2D eigenvalue weighted by molar-refractivity contribution is 5.44. The van der Waals surface area contributed by atoms with Crippen molar-refractivity contribution in [3.63, 3.8) is 0 Å². The van der Waals surface area contributed by atoms with Gasteiger partial charge in [0.25, 0.3) is 0 Å². The Morgan fingerprint density at radius 3 is 2.29 bits per heavy atom. The summed E-state index contributed by atoms with van der Waals surface area (Å²) in [5.41, 5.74) is 0. The zero-order valence-electron chi connectivity index (χ0n) is 13.8. The average molecular weight is 298 g/mol. The molecule has 0 saturated carbocycles. The van der Waals surface area contributed by atoms with Crippen LogP contribution in [0.5, 0.6) is 0 Å². The molecule has 8 heteroatoms. The number of nitrogens with one attached hydrogen (secondary N) is 1. The molecule has 0 fully saturated rings. The number of hydrogen-bond acceptors (Lipinski definition) is 8. The van der Waals surface area contributed by atoms with Gasteiger partial charge in [-0.2, -0.15) is 15.0 Å². The summed E-state index contributed by atoms with van der Waals surface area (Å²) < 4.78 is 10.4. The van der Waals surface area contributed by atoms with Crippen LogP contribution >= 0.6 is 0 Å². The minimum Gasteiger partial charge on any atom is -0.383 e. The lowest BCUT2D eigenvalue weighted by Crippen LogP contribution is -2.40. The van der Waals surface area contributed by atoms with Crippen LogP contribution in [0.2, 0.25) is 0 Å². The number of rotatable bonds is 9. The lowest BCUT2D eigenvalue weighted by Gasteiger charge is -2.29. The number of methoxy groups -OCH3 is 2. The second-order valence-electron chi connectivity index (χ2n) is 4.89. The second-order valence-corrected chi connectivity index (χ2v) is 4.89. The number of anilines is 3. The van der Waals surface area contributed by atoms with Crippen molar-refractivity contribution in [2.24, 2.45) is 0 Å². The molecule has 1 heterocycles. The van der Waals surface area contributed by atoms with E-state index in [2.05, 4.69) is 32.1 Å². The molecule has 21 heavy (non-hydrogen) atoms. The molecular formula is C13H26N6O2. The summed E-state index contributed by atoms with van der Waals surface area (Å²) in [6.45, 7) is 3.92. The normalized spacial score (nSPS) is 12.1. The molecule has 1 aromatic rings. The predicted molar refractivity (Wildman–Crippen MR) is 84.3 cm³/mol. The molecular weight excluding hydrogens is 272 g/mol. The lowest BCUT2D eigenvalue weighted by atomic mass is 10.3. The SMILES string of the molecule is CNc1nc(N(C)C)nc(N(CCOC)C(C)COC)n1. The molecule has 120 valence electrons. The van der Waals surface area contributed by atoms with Gasteiger partial charge in [-0.15, -0.1) is 0 Å². The van der Waals surface area contributed by atoms with Gasteiger partial charge in [-0.05, 0) is 6.92 Å². The van der Waals surface area contributed by atoms with E-state index in [-0.39, 0.29) is 6.04 Å². The van der Waals surface area contributed by atoms with E-state index in [1.807, 2.05) is 19.0 Å². The van der Waals surface area contributed by atoms with Crippen LogP contribution in [-0.2, 0) is 9.47 Å². The first-order valence-corrected chi connectivity index (χ1v) is 6.89. The number of aromatic nitrogens is 3. The molecule has 1 N–H and O–H groups in total. The van der Waals surface area contributed by atoms with Gasteiger partial charge in [0, 0.05) is 41.9 Å². The third-order valence-corrected chi connectivity index (χ3v) is 2.97. The molecule has 0 spiro atoms. The van der Waals surface area contributed by atoms with Gasteiger partial charge in [-0.1, -0.05) is 0 Å². The second kappa shape index (κ2) is 8.58. The smallest absolute Gasteiger partial charge is 0.232 e. The molecule has 1 unspecified atom stereocenters. The third kappa shape index (κ3) is 4.98. The first-order chi connectivity index (χ1) is 10.0. The summed E-state index contributed by atoms with van der Waals surface area (Å²) in [4.78, 5) is 17.2. The fourth-order valence-corrected chi connectivity index (χ4v) is 1.83. The Labute approximate surface area is 126 Å². The Hall–Kier alpha value is -1.67.